The van der Waals surface area contributed by atoms with Crippen molar-refractivity contribution in [2.45, 2.75) is 18.4 Å². The molecule has 1 saturated heterocycles. The second kappa shape index (κ2) is 6.77. The molecular weight excluding hydrogens is 294 g/mol. The molecule has 1 aromatic heterocycles. The van der Waals surface area contributed by atoms with E-state index in [4.69, 9.17) is 10.00 Å². The Balaban J connectivity index is 1.53. The number of nitriles is 1. The van der Waals surface area contributed by atoms with E-state index in [1.54, 1.807) is 24.4 Å². The fourth-order valence-corrected chi connectivity index (χ4v) is 2.90. The number of nitrogens with one attached hydrogen (secondary N) is 1. The average molecular weight is 313 g/mol. The van der Waals surface area contributed by atoms with Gasteiger partial charge in [0.1, 0.15) is 23.7 Å². The number of benzene rings is 1. The van der Waals surface area contributed by atoms with Gasteiger partial charge >= 0.3 is 0 Å². The molecule has 2 aromatic rings. The summed E-state index contributed by atoms with van der Waals surface area (Å²) in [6, 6.07) is 9.20. The molecule has 1 aromatic carbocycles. The Labute approximate surface area is 134 Å². The van der Waals surface area contributed by atoms with Crippen LogP contribution in [-0.4, -0.2) is 51.7 Å². The zero-order valence-electron chi connectivity index (χ0n) is 12.8. The van der Waals surface area contributed by atoms with E-state index in [0.717, 1.165) is 13.0 Å². The number of aromatic amines is 1. The third kappa shape index (κ3) is 3.67. The van der Waals surface area contributed by atoms with Gasteiger partial charge in [0.15, 0.2) is 0 Å². The number of likely N-dealkylation sites (tertiary alicyclic amines) is 1. The van der Waals surface area contributed by atoms with Gasteiger partial charge in [-0.05, 0) is 37.6 Å². The number of aliphatic hydroxyl groups is 1. The van der Waals surface area contributed by atoms with Gasteiger partial charge in [0.2, 0.25) is 0 Å². The standard InChI is InChI=1S/C16H19N5O2/c17-10-13-3-1-4-14(9-13)23-8-7-21-6-2-5-16(22,12-21)15-11-18-20-19-15/h1,3-4,9,11,22H,2,5-8,12H2,(H,18,19,20). The van der Waals surface area contributed by atoms with E-state index in [9.17, 15) is 5.11 Å². The Bertz CT molecular complexity index is 682. The maximum atomic E-state index is 10.7. The first-order valence-corrected chi connectivity index (χ1v) is 7.63. The van der Waals surface area contributed by atoms with Crippen LogP contribution in [0.2, 0.25) is 0 Å². The minimum atomic E-state index is -0.952. The number of rotatable bonds is 5. The van der Waals surface area contributed by atoms with Crippen LogP contribution in [0.4, 0.5) is 0 Å². The second-order valence-electron chi connectivity index (χ2n) is 5.75. The summed E-state index contributed by atoms with van der Waals surface area (Å²) in [5.74, 6) is 0.688. The van der Waals surface area contributed by atoms with Gasteiger partial charge in [-0.25, -0.2) is 0 Å². The lowest BCUT2D eigenvalue weighted by atomic mass is 9.90. The molecule has 1 aliphatic heterocycles. The monoisotopic (exact) mass is 313 g/mol. The van der Waals surface area contributed by atoms with Crippen LogP contribution in [0.15, 0.2) is 30.5 Å². The summed E-state index contributed by atoms with van der Waals surface area (Å²) in [7, 11) is 0. The maximum Gasteiger partial charge on any atom is 0.123 e. The van der Waals surface area contributed by atoms with Crippen molar-refractivity contribution in [3.8, 4) is 11.8 Å². The third-order valence-electron chi connectivity index (χ3n) is 4.08. The number of hydrogen-bond acceptors (Lipinski definition) is 6. The summed E-state index contributed by atoms with van der Waals surface area (Å²) < 4.78 is 5.70. The molecule has 0 spiro atoms. The van der Waals surface area contributed by atoms with Crippen molar-refractivity contribution in [1.29, 1.82) is 5.26 Å². The molecule has 0 saturated carbocycles. The minimum absolute atomic E-state index is 0.504. The number of hydrogen-bond donors (Lipinski definition) is 2. The molecule has 1 unspecified atom stereocenters. The lowest BCUT2D eigenvalue weighted by Gasteiger charge is -2.37. The van der Waals surface area contributed by atoms with Crippen molar-refractivity contribution in [3.63, 3.8) is 0 Å². The summed E-state index contributed by atoms with van der Waals surface area (Å²) in [5, 5.41) is 30.0. The van der Waals surface area contributed by atoms with Gasteiger partial charge in [0.05, 0.1) is 17.8 Å². The first kappa shape index (κ1) is 15.5. The third-order valence-corrected chi connectivity index (χ3v) is 4.08. The van der Waals surface area contributed by atoms with E-state index >= 15 is 0 Å². The molecule has 7 nitrogen and oxygen atoms in total. The molecule has 1 aliphatic rings. The SMILES string of the molecule is N#Cc1cccc(OCCN2CCCC(O)(c3cn[nH]n3)C2)c1. The Morgan fingerprint density at radius 1 is 1.48 bits per heavy atom. The number of β-amino-alcohol motifs (C(OH)–C–C–N with tert-alkyl or cyclic N) is 1. The predicted molar refractivity (Wildman–Crippen MR) is 82.6 cm³/mol. The van der Waals surface area contributed by atoms with Gasteiger partial charge in [0, 0.05) is 13.1 Å². The molecule has 120 valence electrons. The zero-order valence-corrected chi connectivity index (χ0v) is 12.8. The number of piperidine rings is 1. The summed E-state index contributed by atoms with van der Waals surface area (Å²) in [6.45, 7) is 2.64. The highest BCUT2D eigenvalue weighted by Gasteiger charge is 2.36. The Morgan fingerprint density at radius 2 is 2.39 bits per heavy atom. The number of aromatic nitrogens is 3. The zero-order chi connectivity index (χ0) is 16.1. The Hall–Kier alpha value is -2.43. The predicted octanol–water partition coefficient (Wildman–Crippen LogP) is 1.04. The number of nitrogens with zero attached hydrogens (tertiary/aromatic N) is 4. The molecule has 7 heteroatoms. The van der Waals surface area contributed by atoms with Crippen molar-refractivity contribution >= 4 is 0 Å². The normalized spacial score (nSPS) is 21.7. The molecule has 2 heterocycles. The van der Waals surface area contributed by atoms with Crippen LogP contribution in [0.5, 0.6) is 5.75 Å². The summed E-state index contributed by atoms with van der Waals surface area (Å²) >= 11 is 0. The number of ether oxygens (including phenoxy) is 1. The van der Waals surface area contributed by atoms with Gasteiger partial charge in [-0.3, -0.25) is 4.90 Å². The summed E-state index contributed by atoms with van der Waals surface area (Å²) in [5.41, 5.74) is 0.220. The Kier molecular flexibility index (Phi) is 4.55. The fourth-order valence-electron chi connectivity index (χ4n) is 2.90. The van der Waals surface area contributed by atoms with Crippen molar-refractivity contribution in [2.24, 2.45) is 0 Å². The molecule has 0 amide bonds. The smallest absolute Gasteiger partial charge is 0.123 e. The largest absolute Gasteiger partial charge is 0.492 e. The van der Waals surface area contributed by atoms with Crippen molar-refractivity contribution in [2.75, 3.05) is 26.2 Å². The highest BCUT2D eigenvalue weighted by molar-refractivity contribution is 5.36. The van der Waals surface area contributed by atoms with E-state index in [1.807, 2.05) is 6.07 Å². The van der Waals surface area contributed by atoms with E-state index in [2.05, 4.69) is 26.4 Å². The lowest BCUT2D eigenvalue weighted by Crippen LogP contribution is -2.47. The van der Waals surface area contributed by atoms with E-state index in [-0.39, 0.29) is 0 Å². The second-order valence-corrected chi connectivity index (χ2v) is 5.75. The van der Waals surface area contributed by atoms with E-state index < -0.39 is 5.60 Å². The van der Waals surface area contributed by atoms with E-state index in [0.29, 0.717) is 43.1 Å². The van der Waals surface area contributed by atoms with Gasteiger partial charge < -0.3 is 9.84 Å². The molecule has 0 aliphatic carbocycles. The van der Waals surface area contributed by atoms with Crippen LogP contribution >= 0.6 is 0 Å². The molecule has 3 rings (SSSR count). The van der Waals surface area contributed by atoms with Crippen LogP contribution < -0.4 is 4.74 Å². The van der Waals surface area contributed by atoms with Crippen molar-refractivity contribution in [1.82, 2.24) is 20.3 Å². The molecule has 0 radical (unpaired) electrons. The van der Waals surface area contributed by atoms with Crippen LogP contribution in [0.25, 0.3) is 0 Å². The topological polar surface area (TPSA) is 98.1 Å². The molecule has 23 heavy (non-hydrogen) atoms. The van der Waals surface area contributed by atoms with Crippen LogP contribution in [0.1, 0.15) is 24.1 Å². The quantitative estimate of drug-likeness (QED) is 0.856. The summed E-state index contributed by atoms with van der Waals surface area (Å²) in [6.07, 6.45) is 3.15. The molecule has 2 N–H and O–H groups in total. The van der Waals surface area contributed by atoms with Gasteiger partial charge in [-0.15, -0.1) is 0 Å². The van der Waals surface area contributed by atoms with Crippen LogP contribution in [0.3, 0.4) is 0 Å². The maximum absolute atomic E-state index is 10.7. The first-order valence-electron chi connectivity index (χ1n) is 7.63. The highest BCUT2D eigenvalue weighted by atomic mass is 16.5. The van der Waals surface area contributed by atoms with Gasteiger partial charge in [-0.2, -0.15) is 20.7 Å². The lowest BCUT2D eigenvalue weighted by molar-refractivity contribution is -0.0412. The van der Waals surface area contributed by atoms with Crippen molar-refractivity contribution < 1.29 is 9.84 Å². The molecule has 0 bridgehead atoms. The Morgan fingerprint density at radius 3 is 3.17 bits per heavy atom. The van der Waals surface area contributed by atoms with Crippen LogP contribution in [-0.2, 0) is 5.60 Å². The molecule has 1 atom stereocenters. The molecule has 1 fully saturated rings. The summed E-state index contributed by atoms with van der Waals surface area (Å²) in [4.78, 5) is 2.16. The minimum Gasteiger partial charge on any atom is -0.492 e. The number of H-pyrrole nitrogens is 1. The van der Waals surface area contributed by atoms with E-state index in [1.165, 1.54) is 0 Å². The first-order chi connectivity index (χ1) is 11.2. The van der Waals surface area contributed by atoms with Gasteiger partial charge in [0.25, 0.3) is 0 Å². The van der Waals surface area contributed by atoms with Crippen molar-refractivity contribution in [3.05, 3.63) is 41.7 Å². The fraction of sp³-hybridized carbons (Fsp3) is 0.438. The molecular formula is C16H19N5O2. The highest BCUT2D eigenvalue weighted by Crippen LogP contribution is 2.29. The van der Waals surface area contributed by atoms with Gasteiger partial charge in [-0.1, -0.05) is 6.07 Å². The average Bonchev–Trinajstić information content (AvgIpc) is 3.11. The van der Waals surface area contributed by atoms with Crippen LogP contribution in [0, 0.1) is 11.3 Å².